The Balaban J connectivity index is 1.54. The monoisotopic (exact) mass is 414 g/mol. The lowest BCUT2D eigenvalue weighted by molar-refractivity contribution is 0.0921. The first-order valence-corrected chi connectivity index (χ1v) is 10.9. The van der Waals surface area contributed by atoms with E-state index in [9.17, 15) is 5.11 Å². The highest BCUT2D eigenvalue weighted by Crippen LogP contribution is 2.28. The zero-order valence-electron chi connectivity index (χ0n) is 18.5. The number of aliphatic hydroxyl groups excluding tert-OH is 1. The molecule has 1 atom stereocenters. The van der Waals surface area contributed by atoms with Crippen molar-refractivity contribution in [1.82, 2.24) is 9.55 Å². The Bertz CT molecular complexity index is 1150. The summed E-state index contributed by atoms with van der Waals surface area (Å²) in [5, 5.41) is 10.9. The average Bonchev–Trinajstić information content (AvgIpc) is 3.09. The second-order valence-corrected chi connectivity index (χ2v) is 8.45. The lowest BCUT2D eigenvalue weighted by Crippen LogP contribution is -2.25. The molecule has 31 heavy (non-hydrogen) atoms. The number of aromatic nitrogens is 2. The predicted molar refractivity (Wildman–Crippen MR) is 126 cm³/mol. The van der Waals surface area contributed by atoms with Crippen molar-refractivity contribution in [1.29, 1.82) is 0 Å². The molecule has 0 spiro atoms. The van der Waals surface area contributed by atoms with Crippen molar-refractivity contribution in [2.75, 3.05) is 6.61 Å². The van der Waals surface area contributed by atoms with Gasteiger partial charge >= 0.3 is 0 Å². The van der Waals surface area contributed by atoms with Crippen molar-refractivity contribution >= 4 is 11.0 Å². The number of imidazole rings is 1. The summed E-state index contributed by atoms with van der Waals surface area (Å²) in [5.74, 6) is 2.17. The summed E-state index contributed by atoms with van der Waals surface area (Å²) in [5.41, 5.74) is 5.50. The maximum Gasteiger partial charge on any atom is 0.123 e. The van der Waals surface area contributed by atoms with Crippen molar-refractivity contribution < 1.29 is 9.84 Å². The molecule has 1 N–H and O–H groups in total. The van der Waals surface area contributed by atoms with Gasteiger partial charge in [-0.15, -0.1) is 0 Å². The molecule has 0 saturated carbocycles. The van der Waals surface area contributed by atoms with Crippen molar-refractivity contribution in [3.8, 4) is 5.75 Å². The summed E-state index contributed by atoms with van der Waals surface area (Å²) in [7, 11) is 0. The van der Waals surface area contributed by atoms with Gasteiger partial charge in [0.25, 0.3) is 0 Å². The number of rotatable bonds is 8. The smallest absolute Gasteiger partial charge is 0.123 e. The molecule has 0 radical (unpaired) electrons. The Morgan fingerprint density at radius 2 is 1.71 bits per heavy atom. The molecule has 3 aromatic carbocycles. The van der Waals surface area contributed by atoms with Gasteiger partial charge in [0.1, 0.15) is 24.3 Å². The van der Waals surface area contributed by atoms with E-state index in [1.54, 1.807) is 0 Å². The van der Waals surface area contributed by atoms with Crippen LogP contribution < -0.4 is 4.74 Å². The van der Waals surface area contributed by atoms with Gasteiger partial charge in [-0.05, 0) is 47.7 Å². The Morgan fingerprint density at radius 1 is 0.968 bits per heavy atom. The van der Waals surface area contributed by atoms with E-state index in [4.69, 9.17) is 9.72 Å². The Hall–Kier alpha value is -3.11. The van der Waals surface area contributed by atoms with Crippen LogP contribution in [-0.4, -0.2) is 27.4 Å². The molecule has 0 saturated heterocycles. The summed E-state index contributed by atoms with van der Waals surface area (Å²) in [6.45, 7) is 7.04. The van der Waals surface area contributed by atoms with Gasteiger partial charge in [0.15, 0.2) is 0 Å². The van der Waals surface area contributed by atoms with Crippen LogP contribution in [-0.2, 0) is 13.0 Å². The first-order chi connectivity index (χ1) is 15.0. The highest BCUT2D eigenvalue weighted by Gasteiger charge is 2.16. The fourth-order valence-corrected chi connectivity index (χ4v) is 3.94. The third-order valence-corrected chi connectivity index (χ3v) is 5.55. The first-order valence-electron chi connectivity index (χ1n) is 10.9. The standard InChI is InChI=1S/C27H30N2O2/c1-19(2)23-14-13-20(3)15-26(23)31-18-22(30)17-29-25-12-8-7-11-24(25)28-27(29)16-21-9-5-4-6-10-21/h4-15,19,22,30H,16-18H2,1-3H3. The minimum absolute atomic E-state index is 0.237. The molecule has 1 heterocycles. The number of para-hydroxylation sites is 2. The topological polar surface area (TPSA) is 47.3 Å². The van der Waals surface area contributed by atoms with Crippen LogP contribution in [0.1, 0.15) is 42.3 Å². The van der Waals surface area contributed by atoms with Gasteiger partial charge in [-0.3, -0.25) is 0 Å². The summed E-state index contributed by atoms with van der Waals surface area (Å²) in [6, 6.07) is 24.7. The Morgan fingerprint density at radius 3 is 2.48 bits per heavy atom. The van der Waals surface area contributed by atoms with Crippen LogP contribution in [0.4, 0.5) is 0 Å². The van der Waals surface area contributed by atoms with Gasteiger partial charge in [0, 0.05) is 6.42 Å². The van der Waals surface area contributed by atoms with Crippen LogP contribution in [0.15, 0.2) is 72.8 Å². The van der Waals surface area contributed by atoms with Gasteiger partial charge in [0.2, 0.25) is 0 Å². The van der Waals surface area contributed by atoms with Crippen molar-refractivity contribution in [3.63, 3.8) is 0 Å². The maximum atomic E-state index is 10.9. The van der Waals surface area contributed by atoms with Crippen molar-refractivity contribution in [3.05, 3.63) is 95.3 Å². The molecule has 0 bridgehead atoms. The molecule has 160 valence electrons. The van der Waals surface area contributed by atoms with E-state index in [1.165, 1.54) is 5.56 Å². The molecule has 4 heteroatoms. The van der Waals surface area contributed by atoms with Crippen LogP contribution in [0.25, 0.3) is 11.0 Å². The number of hydrogen-bond donors (Lipinski definition) is 1. The van der Waals surface area contributed by atoms with E-state index in [0.29, 0.717) is 12.5 Å². The molecular formula is C27H30N2O2. The van der Waals surface area contributed by atoms with Gasteiger partial charge in [-0.25, -0.2) is 4.98 Å². The summed E-state index contributed by atoms with van der Waals surface area (Å²) in [6.07, 6.45) is 0.0750. The van der Waals surface area contributed by atoms with E-state index in [1.807, 2.05) is 36.4 Å². The largest absolute Gasteiger partial charge is 0.491 e. The zero-order valence-corrected chi connectivity index (χ0v) is 18.5. The Labute approximate surface area is 184 Å². The van der Waals surface area contributed by atoms with Crippen LogP contribution in [0.2, 0.25) is 0 Å². The van der Waals surface area contributed by atoms with Gasteiger partial charge in [-0.1, -0.05) is 68.4 Å². The molecule has 4 nitrogen and oxygen atoms in total. The molecule has 0 fully saturated rings. The number of aliphatic hydroxyl groups is 1. The van der Waals surface area contributed by atoms with E-state index in [0.717, 1.165) is 40.2 Å². The second kappa shape index (κ2) is 9.36. The number of ether oxygens (including phenoxy) is 1. The molecule has 1 unspecified atom stereocenters. The quantitative estimate of drug-likeness (QED) is 0.414. The number of benzene rings is 3. The fraction of sp³-hybridized carbons (Fsp3) is 0.296. The molecule has 0 aliphatic carbocycles. The minimum atomic E-state index is -0.646. The second-order valence-electron chi connectivity index (χ2n) is 8.45. The number of aryl methyl sites for hydroxylation is 1. The highest BCUT2D eigenvalue weighted by atomic mass is 16.5. The lowest BCUT2D eigenvalue weighted by Gasteiger charge is -2.19. The number of hydrogen-bond acceptors (Lipinski definition) is 3. The minimum Gasteiger partial charge on any atom is -0.491 e. The van der Waals surface area contributed by atoms with Crippen LogP contribution >= 0.6 is 0 Å². The maximum absolute atomic E-state index is 10.9. The van der Waals surface area contributed by atoms with Gasteiger partial charge < -0.3 is 14.4 Å². The Kier molecular flexibility index (Phi) is 6.38. The SMILES string of the molecule is Cc1ccc(C(C)C)c(OCC(O)Cn2c(Cc3ccccc3)nc3ccccc32)c1. The summed E-state index contributed by atoms with van der Waals surface area (Å²) >= 11 is 0. The third-order valence-electron chi connectivity index (χ3n) is 5.55. The van der Waals surface area contributed by atoms with Gasteiger partial charge in [0.05, 0.1) is 17.6 Å². The molecule has 4 rings (SSSR count). The van der Waals surface area contributed by atoms with Crippen LogP contribution in [0.5, 0.6) is 5.75 Å². The third kappa shape index (κ3) is 4.97. The predicted octanol–water partition coefficient (Wildman–Crippen LogP) is 5.50. The van der Waals surface area contributed by atoms with E-state index < -0.39 is 6.10 Å². The summed E-state index contributed by atoms with van der Waals surface area (Å²) in [4.78, 5) is 4.84. The molecule has 1 aromatic heterocycles. The van der Waals surface area contributed by atoms with Crippen LogP contribution in [0.3, 0.4) is 0 Å². The lowest BCUT2D eigenvalue weighted by atomic mass is 10.0. The highest BCUT2D eigenvalue weighted by molar-refractivity contribution is 5.76. The van der Waals surface area contributed by atoms with Gasteiger partial charge in [-0.2, -0.15) is 0 Å². The zero-order chi connectivity index (χ0) is 21.8. The van der Waals surface area contributed by atoms with E-state index >= 15 is 0 Å². The van der Waals surface area contributed by atoms with E-state index in [-0.39, 0.29) is 6.61 Å². The molecule has 0 aliphatic rings. The van der Waals surface area contributed by atoms with Crippen molar-refractivity contribution in [2.45, 2.75) is 45.8 Å². The first kappa shape index (κ1) is 21.1. The van der Waals surface area contributed by atoms with Crippen molar-refractivity contribution in [2.24, 2.45) is 0 Å². The number of nitrogens with zero attached hydrogens (tertiary/aromatic N) is 2. The average molecular weight is 415 g/mol. The fourth-order valence-electron chi connectivity index (χ4n) is 3.94. The van der Waals surface area contributed by atoms with Crippen LogP contribution in [0, 0.1) is 6.92 Å². The molecule has 0 aliphatic heterocycles. The molecule has 0 amide bonds. The number of fused-ring (bicyclic) bond motifs is 1. The normalized spacial score (nSPS) is 12.4. The summed E-state index contributed by atoms with van der Waals surface area (Å²) < 4.78 is 8.20. The molecular weight excluding hydrogens is 384 g/mol. The molecule has 4 aromatic rings. The van der Waals surface area contributed by atoms with E-state index in [2.05, 4.69) is 61.7 Å².